The van der Waals surface area contributed by atoms with E-state index in [-0.39, 0.29) is 0 Å². The minimum absolute atomic E-state index is 0.466. The van der Waals surface area contributed by atoms with Crippen molar-refractivity contribution in [1.82, 2.24) is 15.6 Å². The molecule has 88 valence electrons. The van der Waals surface area contributed by atoms with Gasteiger partial charge in [-0.3, -0.25) is 4.99 Å². The van der Waals surface area contributed by atoms with E-state index in [4.69, 9.17) is 0 Å². The van der Waals surface area contributed by atoms with Gasteiger partial charge in [-0.15, -0.1) is 11.3 Å². The highest BCUT2D eigenvalue weighted by Crippen LogP contribution is 2.10. The number of nitrogens with zero attached hydrogens (tertiary/aromatic N) is 2. The second-order valence-electron chi connectivity index (χ2n) is 4.00. The van der Waals surface area contributed by atoms with E-state index in [0.29, 0.717) is 6.04 Å². The molecule has 5 heteroatoms. The zero-order valence-electron chi connectivity index (χ0n) is 9.79. The summed E-state index contributed by atoms with van der Waals surface area (Å²) in [5.74, 6) is 0.929. The van der Waals surface area contributed by atoms with Gasteiger partial charge in [-0.1, -0.05) is 6.92 Å². The third-order valence-corrected chi connectivity index (χ3v) is 3.52. The van der Waals surface area contributed by atoms with Crippen molar-refractivity contribution >= 4 is 17.3 Å². The van der Waals surface area contributed by atoms with Crippen molar-refractivity contribution in [2.45, 2.75) is 32.7 Å². The van der Waals surface area contributed by atoms with Gasteiger partial charge in [0.25, 0.3) is 0 Å². The summed E-state index contributed by atoms with van der Waals surface area (Å²) in [4.78, 5) is 8.87. The standard InChI is InChI=1S/C11H18N4S/c1-3-10-15-9(7-16-10)4-5-12-11-13-6-8(2)14-11/h7-8H,3-6H2,1-2H3,(H2,12,13,14). The molecule has 1 aromatic heterocycles. The van der Waals surface area contributed by atoms with Crippen molar-refractivity contribution in [2.24, 2.45) is 4.99 Å². The first kappa shape index (κ1) is 11.4. The van der Waals surface area contributed by atoms with Crippen LogP contribution < -0.4 is 10.6 Å². The fourth-order valence-corrected chi connectivity index (χ4v) is 2.37. The number of hydrogen-bond acceptors (Lipinski definition) is 5. The number of aromatic nitrogens is 1. The Labute approximate surface area is 100 Å². The van der Waals surface area contributed by atoms with Gasteiger partial charge >= 0.3 is 0 Å². The van der Waals surface area contributed by atoms with Crippen LogP contribution in [0.25, 0.3) is 0 Å². The SMILES string of the molecule is CCc1nc(CCNC2=NCC(C)N2)cs1. The monoisotopic (exact) mass is 238 g/mol. The lowest BCUT2D eigenvalue weighted by Gasteiger charge is -2.07. The Kier molecular flexibility index (Phi) is 3.77. The molecule has 1 aliphatic rings. The number of rotatable bonds is 4. The molecule has 0 saturated carbocycles. The maximum atomic E-state index is 4.53. The van der Waals surface area contributed by atoms with Gasteiger partial charge < -0.3 is 10.6 Å². The van der Waals surface area contributed by atoms with Crippen LogP contribution in [-0.2, 0) is 12.8 Å². The maximum Gasteiger partial charge on any atom is 0.191 e. The van der Waals surface area contributed by atoms with Crippen LogP contribution in [0.2, 0.25) is 0 Å². The topological polar surface area (TPSA) is 49.3 Å². The molecule has 0 amide bonds. The van der Waals surface area contributed by atoms with E-state index >= 15 is 0 Å². The molecule has 0 aromatic carbocycles. The molecule has 1 unspecified atom stereocenters. The van der Waals surface area contributed by atoms with Gasteiger partial charge in [0.1, 0.15) is 0 Å². The highest BCUT2D eigenvalue weighted by Gasteiger charge is 2.11. The molecule has 4 nitrogen and oxygen atoms in total. The van der Waals surface area contributed by atoms with Crippen molar-refractivity contribution in [3.05, 3.63) is 16.1 Å². The third kappa shape index (κ3) is 2.95. The highest BCUT2D eigenvalue weighted by atomic mass is 32.1. The molecule has 0 fully saturated rings. The van der Waals surface area contributed by atoms with Crippen LogP contribution in [0.5, 0.6) is 0 Å². The average Bonchev–Trinajstić information content (AvgIpc) is 2.88. The van der Waals surface area contributed by atoms with Crippen LogP contribution in [0.15, 0.2) is 10.4 Å². The number of aliphatic imine (C=N–C) groups is 1. The number of guanidine groups is 1. The molecule has 2 N–H and O–H groups in total. The first-order chi connectivity index (χ1) is 7.78. The summed E-state index contributed by atoms with van der Waals surface area (Å²) in [6, 6.07) is 0.466. The van der Waals surface area contributed by atoms with Gasteiger partial charge in [-0.25, -0.2) is 4.98 Å². The van der Waals surface area contributed by atoms with Crippen LogP contribution in [0.4, 0.5) is 0 Å². The van der Waals surface area contributed by atoms with Crippen molar-refractivity contribution in [1.29, 1.82) is 0 Å². The molecule has 0 spiro atoms. The van der Waals surface area contributed by atoms with E-state index in [2.05, 4.69) is 39.8 Å². The molecule has 2 heterocycles. The summed E-state index contributed by atoms with van der Waals surface area (Å²) in [6.45, 7) is 6.04. The predicted octanol–water partition coefficient (Wildman–Crippen LogP) is 1.19. The summed E-state index contributed by atoms with van der Waals surface area (Å²) >= 11 is 1.75. The van der Waals surface area contributed by atoms with Crippen LogP contribution in [0, 0.1) is 0 Å². The summed E-state index contributed by atoms with van der Waals surface area (Å²) in [7, 11) is 0. The van der Waals surface area contributed by atoms with Gasteiger partial charge in [-0.2, -0.15) is 0 Å². The van der Waals surface area contributed by atoms with Gasteiger partial charge in [0.05, 0.1) is 17.2 Å². The first-order valence-electron chi connectivity index (χ1n) is 5.76. The van der Waals surface area contributed by atoms with Crippen LogP contribution in [0.1, 0.15) is 24.5 Å². The first-order valence-corrected chi connectivity index (χ1v) is 6.64. The maximum absolute atomic E-state index is 4.53. The fourth-order valence-electron chi connectivity index (χ4n) is 1.59. The zero-order valence-corrected chi connectivity index (χ0v) is 10.6. The van der Waals surface area contributed by atoms with E-state index in [0.717, 1.165) is 31.9 Å². The minimum Gasteiger partial charge on any atom is -0.356 e. The molecule has 1 atom stereocenters. The summed E-state index contributed by atoms with van der Waals surface area (Å²) in [6.07, 6.45) is 2.00. The zero-order chi connectivity index (χ0) is 11.4. The third-order valence-electron chi connectivity index (χ3n) is 2.48. The largest absolute Gasteiger partial charge is 0.356 e. The van der Waals surface area contributed by atoms with Gasteiger partial charge in [0.15, 0.2) is 5.96 Å². The van der Waals surface area contributed by atoms with Crippen LogP contribution >= 0.6 is 11.3 Å². The molecule has 2 rings (SSSR count). The van der Waals surface area contributed by atoms with E-state index in [9.17, 15) is 0 Å². The lowest BCUT2D eigenvalue weighted by Crippen LogP contribution is -2.38. The Morgan fingerprint density at radius 3 is 3.12 bits per heavy atom. The van der Waals surface area contributed by atoms with E-state index < -0.39 is 0 Å². The predicted molar refractivity (Wildman–Crippen MR) is 68.1 cm³/mol. The number of nitrogens with one attached hydrogen (secondary N) is 2. The molecular weight excluding hydrogens is 220 g/mol. The Morgan fingerprint density at radius 2 is 2.50 bits per heavy atom. The molecule has 0 radical (unpaired) electrons. The number of hydrogen-bond donors (Lipinski definition) is 2. The summed E-state index contributed by atoms with van der Waals surface area (Å²) in [5.41, 5.74) is 1.18. The van der Waals surface area contributed by atoms with Crippen molar-refractivity contribution in [2.75, 3.05) is 13.1 Å². The van der Waals surface area contributed by atoms with Crippen LogP contribution in [0.3, 0.4) is 0 Å². The lowest BCUT2D eigenvalue weighted by molar-refractivity contribution is 0.711. The normalized spacial score (nSPS) is 19.4. The van der Waals surface area contributed by atoms with E-state index in [1.54, 1.807) is 11.3 Å². The molecule has 1 aliphatic heterocycles. The Balaban J connectivity index is 1.72. The summed E-state index contributed by atoms with van der Waals surface area (Å²) < 4.78 is 0. The second kappa shape index (κ2) is 5.30. The number of aryl methyl sites for hydroxylation is 1. The average molecular weight is 238 g/mol. The van der Waals surface area contributed by atoms with Gasteiger partial charge in [0.2, 0.25) is 0 Å². The molecule has 0 aliphatic carbocycles. The van der Waals surface area contributed by atoms with Crippen molar-refractivity contribution in [3.63, 3.8) is 0 Å². The minimum atomic E-state index is 0.466. The molecule has 0 bridgehead atoms. The Hall–Kier alpha value is -1.10. The molecule has 16 heavy (non-hydrogen) atoms. The van der Waals surface area contributed by atoms with E-state index in [1.807, 2.05) is 0 Å². The smallest absolute Gasteiger partial charge is 0.191 e. The molecular formula is C11H18N4S. The quantitative estimate of drug-likeness (QED) is 0.828. The van der Waals surface area contributed by atoms with Crippen LogP contribution in [-0.4, -0.2) is 30.1 Å². The second-order valence-corrected chi connectivity index (χ2v) is 4.94. The highest BCUT2D eigenvalue weighted by molar-refractivity contribution is 7.09. The summed E-state index contributed by atoms with van der Waals surface area (Å²) in [5, 5.41) is 9.94. The fraction of sp³-hybridized carbons (Fsp3) is 0.636. The lowest BCUT2D eigenvalue weighted by atomic mass is 10.3. The van der Waals surface area contributed by atoms with Gasteiger partial charge in [-0.05, 0) is 13.3 Å². The van der Waals surface area contributed by atoms with Crippen molar-refractivity contribution in [3.8, 4) is 0 Å². The molecule has 0 saturated heterocycles. The van der Waals surface area contributed by atoms with Gasteiger partial charge in [0, 0.05) is 24.4 Å². The molecule has 1 aromatic rings. The van der Waals surface area contributed by atoms with E-state index in [1.165, 1.54) is 10.7 Å². The van der Waals surface area contributed by atoms with Crippen molar-refractivity contribution < 1.29 is 0 Å². The Bertz CT molecular complexity index is 372. The Morgan fingerprint density at radius 1 is 1.62 bits per heavy atom. The number of thiazole rings is 1.